The van der Waals surface area contributed by atoms with Gasteiger partial charge in [-0.2, -0.15) is 0 Å². The fourth-order valence-electron chi connectivity index (χ4n) is 1.72. The molecule has 2 N–H and O–H groups in total. The van der Waals surface area contributed by atoms with Crippen LogP contribution in [0.5, 0.6) is 11.5 Å². The number of fused-ring (bicyclic) bond motifs is 1. The molecule has 3 heteroatoms. The minimum Gasteiger partial charge on any atom is -0.486 e. The van der Waals surface area contributed by atoms with E-state index in [2.05, 4.69) is 19.9 Å². The summed E-state index contributed by atoms with van der Waals surface area (Å²) < 4.78 is 11.2. The van der Waals surface area contributed by atoms with Crippen LogP contribution in [-0.2, 0) is 5.41 Å². The van der Waals surface area contributed by atoms with Crippen molar-refractivity contribution in [3.63, 3.8) is 0 Å². The first-order chi connectivity index (χ1) is 7.15. The van der Waals surface area contributed by atoms with Crippen molar-refractivity contribution in [1.82, 2.24) is 0 Å². The molecule has 1 heterocycles. The van der Waals surface area contributed by atoms with E-state index < -0.39 is 0 Å². The summed E-state index contributed by atoms with van der Waals surface area (Å²) in [6, 6.07) is 5.98. The molecule has 0 fully saturated rings. The third-order valence-corrected chi connectivity index (χ3v) is 2.81. The molecule has 3 nitrogen and oxygen atoms in total. The Morgan fingerprint density at radius 1 is 1.27 bits per heavy atom. The third kappa shape index (κ3) is 1.79. The summed E-state index contributed by atoms with van der Waals surface area (Å²) in [5.74, 6) is 1.69. The van der Waals surface area contributed by atoms with Crippen molar-refractivity contribution in [2.24, 2.45) is 5.73 Å². The zero-order valence-corrected chi connectivity index (χ0v) is 9.25. The van der Waals surface area contributed by atoms with Crippen LogP contribution >= 0.6 is 0 Å². The molecule has 0 saturated heterocycles. The zero-order valence-electron chi connectivity index (χ0n) is 9.25. The molecule has 1 aromatic rings. The quantitative estimate of drug-likeness (QED) is 0.802. The summed E-state index contributed by atoms with van der Waals surface area (Å²) in [5, 5.41) is 0. The Bertz CT molecular complexity index is 361. The van der Waals surface area contributed by atoms with Crippen LogP contribution in [0, 0.1) is 0 Å². The molecule has 1 aliphatic rings. The number of nitrogens with two attached hydrogens (primary N) is 1. The van der Waals surface area contributed by atoms with Gasteiger partial charge in [-0.25, -0.2) is 0 Å². The molecule has 0 unspecified atom stereocenters. The van der Waals surface area contributed by atoms with Crippen molar-refractivity contribution in [3.8, 4) is 11.5 Å². The Morgan fingerprint density at radius 3 is 2.73 bits per heavy atom. The van der Waals surface area contributed by atoms with Gasteiger partial charge >= 0.3 is 0 Å². The first kappa shape index (κ1) is 10.3. The standard InChI is InChI=1S/C12H17NO2/c1-12(2,8-13)9-4-3-5-10-11(9)15-7-6-14-10/h3-5H,6-8,13H2,1-2H3. The second kappa shape index (κ2) is 3.74. The minimum atomic E-state index is -0.0773. The molecule has 0 atom stereocenters. The van der Waals surface area contributed by atoms with E-state index in [-0.39, 0.29) is 5.41 Å². The van der Waals surface area contributed by atoms with E-state index in [4.69, 9.17) is 15.2 Å². The highest BCUT2D eigenvalue weighted by molar-refractivity contribution is 5.50. The molecule has 82 valence electrons. The smallest absolute Gasteiger partial charge is 0.165 e. The lowest BCUT2D eigenvalue weighted by atomic mass is 9.84. The van der Waals surface area contributed by atoms with Crippen LogP contribution in [0.1, 0.15) is 19.4 Å². The predicted molar refractivity (Wildman–Crippen MR) is 59.5 cm³/mol. The normalized spacial score (nSPS) is 15.1. The number of benzene rings is 1. The lowest BCUT2D eigenvalue weighted by Crippen LogP contribution is -2.30. The SMILES string of the molecule is CC(C)(CN)c1cccc2c1OCCO2. The van der Waals surface area contributed by atoms with Gasteiger partial charge in [-0.05, 0) is 6.07 Å². The largest absolute Gasteiger partial charge is 0.486 e. The Hall–Kier alpha value is -1.22. The molecule has 0 radical (unpaired) electrons. The van der Waals surface area contributed by atoms with Gasteiger partial charge in [-0.15, -0.1) is 0 Å². The van der Waals surface area contributed by atoms with E-state index in [0.29, 0.717) is 19.8 Å². The lowest BCUT2D eigenvalue weighted by Gasteiger charge is -2.29. The summed E-state index contributed by atoms with van der Waals surface area (Å²) in [6.07, 6.45) is 0. The summed E-state index contributed by atoms with van der Waals surface area (Å²) in [5.41, 5.74) is 6.82. The average molecular weight is 207 g/mol. The highest BCUT2D eigenvalue weighted by Crippen LogP contribution is 2.39. The van der Waals surface area contributed by atoms with E-state index in [1.165, 1.54) is 0 Å². The number of para-hydroxylation sites is 1. The van der Waals surface area contributed by atoms with Crippen LogP contribution in [-0.4, -0.2) is 19.8 Å². The zero-order chi connectivity index (χ0) is 10.9. The molecule has 0 amide bonds. The number of ether oxygens (including phenoxy) is 2. The fourth-order valence-corrected chi connectivity index (χ4v) is 1.72. The Balaban J connectivity index is 2.48. The molecule has 0 aliphatic carbocycles. The fraction of sp³-hybridized carbons (Fsp3) is 0.500. The molecule has 0 bridgehead atoms. The molecule has 2 rings (SSSR count). The maximum Gasteiger partial charge on any atom is 0.165 e. The number of hydrogen-bond acceptors (Lipinski definition) is 3. The van der Waals surface area contributed by atoms with Gasteiger partial charge in [0.2, 0.25) is 0 Å². The first-order valence-corrected chi connectivity index (χ1v) is 5.24. The van der Waals surface area contributed by atoms with Crippen LogP contribution in [0.2, 0.25) is 0 Å². The second-order valence-electron chi connectivity index (χ2n) is 4.42. The van der Waals surface area contributed by atoms with Gasteiger partial charge in [0.05, 0.1) is 0 Å². The highest BCUT2D eigenvalue weighted by Gasteiger charge is 2.26. The van der Waals surface area contributed by atoms with Gasteiger partial charge in [-0.1, -0.05) is 26.0 Å². The van der Waals surface area contributed by atoms with Crippen molar-refractivity contribution >= 4 is 0 Å². The molecule has 15 heavy (non-hydrogen) atoms. The minimum absolute atomic E-state index is 0.0773. The van der Waals surface area contributed by atoms with Crippen LogP contribution < -0.4 is 15.2 Å². The number of rotatable bonds is 2. The first-order valence-electron chi connectivity index (χ1n) is 5.24. The van der Waals surface area contributed by atoms with Gasteiger partial charge in [0.25, 0.3) is 0 Å². The van der Waals surface area contributed by atoms with E-state index in [1.807, 2.05) is 12.1 Å². The van der Waals surface area contributed by atoms with Crippen molar-refractivity contribution in [1.29, 1.82) is 0 Å². The van der Waals surface area contributed by atoms with Crippen LogP contribution in [0.4, 0.5) is 0 Å². The molecule has 1 aliphatic heterocycles. The molecule has 0 aromatic heterocycles. The second-order valence-corrected chi connectivity index (χ2v) is 4.42. The maximum atomic E-state index is 5.78. The van der Waals surface area contributed by atoms with Gasteiger partial charge < -0.3 is 15.2 Å². The van der Waals surface area contributed by atoms with Gasteiger partial charge in [-0.3, -0.25) is 0 Å². The van der Waals surface area contributed by atoms with E-state index >= 15 is 0 Å². The van der Waals surface area contributed by atoms with E-state index in [9.17, 15) is 0 Å². The molecule has 0 saturated carbocycles. The van der Waals surface area contributed by atoms with Crippen LogP contribution in [0.15, 0.2) is 18.2 Å². The van der Waals surface area contributed by atoms with Crippen molar-refractivity contribution in [3.05, 3.63) is 23.8 Å². The molecular weight excluding hydrogens is 190 g/mol. The molecule has 1 aromatic carbocycles. The predicted octanol–water partition coefficient (Wildman–Crippen LogP) is 1.69. The van der Waals surface area contributed by atoms with Crippen LogP contribution in [0.25, 0.3) is 0 Å². The van der Waals surface area contributed by atoms with E-state index in [0.717, 1.165) is 17.1 Å². The summed E-state index contributed by atoms with van der Waals surface area (Å²) in [6.45, 7) is 6.05. The third-order valence-electron chi connectivity index (χ3n) is 2.81. The summed E-state index contributed by atoms with van der Waals surface area (Å²) >= 11 is 0. The molecule has 0 spiro atoms. The van der Waals surface area contributed by atoms with Crippen molar-refractivity contribution in [2.75, 3.05) is 19.8 Å². The monoisotopic (exact) mass is 207 g/mol. The van der Waals surface area contributed by atoms with Gasteiger partial charge in [0.15, 0.2) is 11.5 Å². The lowest BCUT2D eigenvalue weighted by molar-refractivity contribution is 0.167. The van der Waals surface area contributed by atoms with E-state index in [1.54, 1.807) is 0 Å². The Labute approximate surface area is 90.2 Å². The topological polar surface area (TPSA) is 44.5 Å². The molecular formula is C12H17NO2. The van der Waals surface area contributed by atoms with Gasteiger partial charge in [0.1, 0.15) is 13.2 Å². The van der Waals surface area contributed by atoms with Crippen LogP contribution in [0.3, 0.4) is 0 Å². The average Bonchev–Trinajstić information content (AvgIpc) is 2.28. The maximum absolute atomic E-state index is 5.78. The summed E-state index contributed by atoms with van der Waals surface area (Å²) in [7, 11) is 0. The van der Waals surface area contributed by atoms with Crippen molar-refractivity contribution in [2.45, 2.75) is 19.3 Å². The highest BCUT2D eigenvalue weighted by atomic mass is 16.6. The van der Waals surface area contributed by atoms with Crippen molar-refractivity contribution < 1.29 is 9.47 Å². The number of hydrogen-bond donors (Lipinski definition) is 1. The summed E-state index contributed by atoms with van der Waals surface area (Å²) in [4.78, 5) is 0. The Kier molecular flexibility index (Phi) is 2.57. The Morgan fingerprint density at radius 2 is 2.00 bits per heavy atom. The van der Waals surface area contributed by atoms with Gasteiger partial charge in [0, 0.05) is 17.5 Å².